The Kier molecular flexibility index (Phi) is 8.31. The molecule has 5 heterocycles. The molecule has 44 heavy (non-hydrogen) atoms. The number of piperazine rings is 1. The molecule has 3 aromatic rings. The van der Waals surface area contributed by atoms with Gasteiger partial charge in [-0.25, -0.2) is 14.4 Å². The van der Waals surface area contributed by atoms with E-state index in [1.54, 1.807) is 6.07 Å². The first-order valence-corrected chi connectivity index (χ1v) is 17.4. The minimum Gasteiger partial charge on any atom is -0.379 e. The second kappa shape index (κ2) is 12.4. The molecular formula is C31H42N8O4S. The molecule has 236 valence electrons. The Labute approximate surface area is 259 Å². The number of nitrogens with zero attached hydrogens (tertiary/aromatic N) is 7. The number of para-hydroxylation sites is 1. The van der Waals surface area contributed by atoms with Gasteiger partial charge in [-0.3, -0.25) is 9.69 Å². The number of rotatable bonds is 7. The fraction of sp³-hybridized carbons (Fsp3) is 0.581. The molecule has 0 radical (unpaired) electrons. The third-order valence-corrected chi connectivity index (χ3v) is 11.2. The molecule has 3 saturated heterocycles. The predicted octanol–water partition coefficient (Wildman–Crippen LogP) is 2.21. The van der Waals surface area contributed by atoms with E-state index in [9.17, 15) is 13.2 Å². The van der Waals surface area contributed by atoms with E-state index in [2.05, 4.69) is 19.4 Å². The van der Waals surface area contributed by atoms with Gasteiger partial charge in [0, 0.05) is 64.3 Å². The zero-order valence-electron chi connectivity index (χ0n) is 25.4. The van der Waals surface area contributed by atoms with E-state index in [1.165, 1.54) is 10.7 Å². The number of carbonyl (C=O) groups excluding carboxylic acids is 1. The van der Waals surface area contributed by atoms with Crippen LogP contribution in [0.15, 0.2) is 36.4 Å². The summed E-state index contributed by atoms with van der Waals surface area (Å²) in [4.78, 5) is 25.5. The van der Waals surface area contributed by atoms with Crippen LogP contribution >= 0.6 is 0 Å². The summed E-state index contributed by atoms with van der Waals surface area (Å²) < 4.78 is 37.6. The van der Waals surface area contributed by atoms with Crippen LogP contribution in [-0.4, -0.2) is 122 Å². The molecular weight excluding hydrogens is 580 g/mol. The summed E-state index contributed by atoms with van der Waals surface area (Å²) in [5.74, 6) is -0.382. The predicted molar refractivity (Wildman–Crippen MR) is 169 cm³/mol. The van der Waals surface area contributed by atoms with E-state index >= 15 is 0 Å². The van der Waals surface area contributed by atoms with Gasteiger partial charge in [-0.15, -0.1) is 0 Å². The van der Waals surface area contributed by atoms with Gasteiger partial charge < -0.3 is 14.5 Å². The molecule has 1 amide bonds. The Hall–Kier alpha value is -3.10. The van der Waals surface area contributed by atoms with E-state index in [0.717, 1.165) is 87.5 Å². The molecule has 2 aromatic heterocycles. The number of ether oxygens (including phenoxy) is 1. The smallest absolute Gasteiger partial charge is 0.304 e. The highest BCUT2D eigenvalue weighted by Crippen LogP contribution is 2.43. The third kappa shape index (κ3) is 5.83. The number of carbonyl (C=O) groups is 1. The zero-order valence-corrected chi connectivity index (χ0v) is 26.2. The highest BCUT2D eigenvalue weighted by molar-refractivity contribution is 7.87. The van der Waals surface area contributed by atoms with Gasteiger partial charge >= 0.3 is 10.2 Å². The van der Waals surface area contributed by atoms with Crippen molar-refractivity contribution in [1.29, 1.82) is 0 Å². The Morgan fingerprint density at radius 1 is 0.932 bits per heavy atom. The van der Waals surface area contributed by atoms with Gasteiger partial charge in [-0.1, -0.05) is 24.6 Å². The maximum absolute atomic E-state index is 13.7. The highest BCUT2D eigenvalue weighted by atomic mass is 32.2. The lowest BCUT2D eigenvalue weighted by Gasteiger charge is -2.41. The van der Waals surface area contributed by atoms with Crippen LogP contribution in [0.3, 0.4) is 0 Å². The first kappa shape index (κ1) is 29.6. The average Bonchev–Trinajstić information content (AvgIpc) is 3.39. The third-order valence-electron chi connectivity index (χ3n) is 9.76. The summed E-state index contributed by atoms with van der Waals surface area (Å²) in [6, 6.07) is 12.1. The first-order chi connectivity index (χ1) is 21.4. The molecule has 1 aliphatic carbocycles. The van der Waals surface area contributed by atoms with Crippen molar-refractivity contribution < 1.29 is 17.9 Å². The lowest BCUT2D eigenvalue weighted by molar-refractivity contribution is 0.0115. The highest BCUT2D eigenvalue weighted by Gasteiger charge is 2.34. The quantitative estimate of drug-likeness (QED) is 0.424. The van der Waals surface area contributed by atoms with Crippen molar-refractivity contribution in [2.24, 2.45) is 0 Å². The van der Waals surface area contributed by atoms with Crippen LogP contribution in [0.5, 0.6) is 0 Å². The van der Waals surface area contributed by atoms with Crippen molar-refractivity contribution in [3.8, 4) is 5.69 Å². The number of amides is 1. The minimum atomic E-state index is -4.01. The summed E-state index contributed by atoms with van der Waals surface area (Å²) in [5, 5.41) is 6.10. The van der Waals surface area contributed by atoms with Crippen molar-refractivity contribution in [2.75, 3.05) is 77.5 Å². The fourth-order valence-corrected chi connectivity index (χ4v) is 7.99. The number of piperidine rings is 1. The lowest BCUT2D eigenvalue weighted by Crippen LogP contribution is -2.52. The SMILES string of the molecule is CN1CCN(S(=O)(=O)NC(=O)c2cc(N3CCC(N4CCOCC4)CC3)c3c(C4CCC4)nn(-c4ccccc4)c3n2)CC1. The maximum Gasteiger partial charge on any atom is 0.304 e. The normalized spacial score (nSPS) is 21.9. The van der Waals surface area contributed by atoms with Crippen LogP contribution in [0.25, 0.3) is 16.7 Å². The molecule has 3 aliphatic heterocycles. The molecule has 1 aromatic carbocycles. The molecule has 4 aliphatic rings. The average molecular weight is 623 g/mol. The lowest BCUT2D eigenvalue weighted by atomic mass is 9.82. The molecule has 0 atom stereocenters. The van der Waals surface area contributed by atoms with Crippen molar-refractivity contribution in [3.05, 3.63) is 47.8 Å². The van der Waals surface area contributed by atoms with Crippen LogP contribution in [-0.2, 0) is 14.9 Å². The number of pyridine rings is 1. The number of hydrogen-bond acceptors (Lipinski definition) is 9. The molecule has 1 N–H and O–H groups in total. The molecule has 7 rings (SSSR count). The first-order valence-electron chi connectivity index (χ1n) is 15.9. The fourth-order valence-electron chi connectivity index (χ4n) is 6.88. The number of morpholine rings is 1. The van der Waals surface area contributed by atoms with Gasteiger partial charge in [0.25, 0.3) is 5.91 Å². The second-order valence-electron chi connectivity index (χ2n) is 12.5. The second-order valence-corrected chi connectivity index (χ2v) is 14.2. The number of benzene rings is 1. The largest absolute Gasteiger partial charge is 0.379 e. The zero-order chi connectivity index (χ0) is 30.3. The van der Waals surface area contributed by atoms with E-state index in [4.69, 9.17) is 14.8 Å². The van der Waals surface area contributed by atoms with E-state index in [0.29, 0.717) is 43.8 Å². The number of aromatic nitrogens is 3. The number of anilines is 1. The van der Waals surface area contributed by atoms with Gasteiger partial charge in [-0.2, -0.15) is 17.8 Å². The Morgan fingerprint density at radius 3 is 2.30 bits per heavy atom. The summed E-state index contributed by atoms with van der Waals surface area (Å²) in [5.41, 5.74) is 3.47. The Bertz CT molecular complexity index is 1590. The van der Waals surface area contributed by atoms with E-state index < -0.39 is 16.1 Å². The number of nitrogens with one attached hydrogen (secondary N) is 1. The van der Waals surface area contributed by atoms with Gasteiger partial charge in [-0.05, 0) is 50.9 Å². The van der Waals surface area contributed by atoms with Crippen molar-refractivity contribution in [2.45, 2.75) is 44.1 Å². The molecule has 0 unspecified atom stereocenters. The number of fused-ring (bicyclic) bond motifs is 1. The molecule has 0 bridgehead atoms. The van der Waals surface area contributed by atoms with Crippen LogP contribution < -0.4 is 9.62 Å². The van der Waals surface area contributed by atoms with Crippen LogP contribution in [0, 0.1) is 0 Å². The van der Waals surface area contributed by atoms with E-state index in [-0.39, 0.29) is 5.69 Å². The minimum absolute atomic E-state index is 0.0812. The summed E-state index contributed by atoms with van der Waals surface area (Å²) in [6.07, 6.45) is 5.34. The number of hydrogen-bond donors (Lipinski definition) is 1. The number of likely N-dealkylation sites (N-methyl/N-ethyl adjacent to an activating group) is 1. The molecule has 12 nitrogen and oxygen atoms in total. The summed E-state index contributed by atoms with van der Waals surface area (Å²) in [7, 11) is -2.06. The van der Waals surface area contributed by atoms with Crippen molar-refractivity contribution >= 4 is 32.8 Å². The maximum atomic E-state index is 13.7. The monoisotopic (exact) mass is 622 g/mol. The molecule has 13 heteroatoms. The van der Waals surface area contributed by atoms with Crippen LogP contribution in [0.1, 0.15) is 54.2 Å². The van der Waals surface area contributed by atoms with Crippen LogP contribution in [0.4, 0.5) is 5.69 Å². The van der Waals surface area contributed by atoms with Crippen molar-refractivity contribution in [3.63, 3.8) is 0 Å². The van der Waals surface area contributed by atoms with Gasteiger partial charge in [0.05, 0.1) is 35.7 Å². The van der Waals surface area contributed by atoms with E-state index in [1.807, 2.05) is 42.1 Å². The topological polar surface area (TPSA) is 116 Å². The van der Waals surface area contributed by atoms with Gasteiger partial charge in [0.2, 0.25) is 0 Å². The van der Waals surface area contributed by atoms with Gasteiger partial charge in [0.15, 0.2) is 5.65 Å². The Morgan fingerprint density at radius 2 is 1.64 bits per heavy atom. The van der Waals surface area contributed by atoms with Gasteiger partial charge in [0.1, 0.15) is 5.69 Å². The Balaban J connectivity index is 1.27. The molecule has 0 spiro atoms. The summed E-state index contributed by atoms with van der Waals surface area (Å²) in [6.45, 7) is 7.06. The van der Waals surface area contributed by atoms with Crippen molar-refractivity contribution in [1.82, 2.24) is 33.6 Å². The molecule has 1 saturated carbocycles. The summed E-state index contributed by atoms with van der Waals surface area (Å²) >= 11 is 0. The van der Waals surface area contributed by atoms with Crippen LogP contribution in [0.2, 0.25) is 0 Å². The standard InChI is InChI=1S/C31H42N8O4S/c1-35-14-16-38(17-15-35)44(41,42)34-31(40)26-22-27(37-12-10-24(11-13-37)36-18-20-43-21-19-36)28-29(23-6-5-7-23)33-39(30(28)32-26)25-8-3-2-4-9-25/h2-4,8-9,22-24H,5-7,10-21H2,1H3,(H,34,40). The molecule has 4 fully saturated rings.